The minimum Gasteiger partial charge on any atom is -0.485 e. The molecule has 0 aliphatic carbocycles. The van der Waals surface area contributed by atoms with E-state index in [1.807, 2.05) is 20.2 Å². The van der Waals surface area contributed by atoms with Crippen LogP contribution in [-0.4, -0.2) is 14.9 Å². The Labute approximate surface area is 110 Å². The molecule has 0 bridgehead atoms. The van der Waals surface area contributed by atoms with Crippen molar-refractivity contribution in [3.63, 3.8) is 0 Å². The number of hydrogen-bond donors (Lipinski definition) is 1. The minimum absolute atomic E-state index is 0.248. The molecule has 0 fully saturated rings. The molecule has 0 spiro atoms. The number of nitrogens with zero attached hydrogens (tertiary/aromatic N) is 2. The Kier molecular flexibility index (Phi) is 2.78. The Bertz CT molecular complexity index is 624. The fraction of sp³-hybridized carbons (Fsp3) is 0.357. The zero-order valence-electron chi connectivity index (χ0n) is 10.8. The molecule has 1 unspecified atom stereocenters. The second-order valence-corrected chi connectivity index (χ2v) is 4.88. The number of fused-ring (bicyclic) bond motifs is 1. The fourth-order valence-electron chi connectivity index (χ4n) is 2.54. The lowest BCUT2D eigenvalue weighted by Crippen LogP contribution is -2.19. The van der Waals surface area contributed by atoms with Crippen molar-refractivity contribution >= 4 is 0 Å². The van der Waals surface area contributed by atoms with Gasteiger partial charge in [-0.2, -0.15) is 5.10 Å². The van der Waals surface area contributed by atoms with Crippen LogP contribution < -0.4 is 4.74 Å². The van der Waals surface area contributed by atoms with E-state index in [0.717, 1.165) is 11.3 Å². The normalized spacial score (nSPS) is 21.9. The monoisotopic (exact) mass is 262 g/mol. The van der Waals surface area contributed by atoms with Gasteiger partial charge < -0.3 is 9.84 Å². The highest BCUT2D eigenvalue weighted by atomic mass is 19.1. The molecule has 19 heavy (non-hydrogen) atoms. The molecule has 1 aromatic carbocycles. The third-order valence-corrected chi connectivity index (χ3v) is 3.44. The van der Waals surface area contributed by atoms with Gasteiger partial charge in [-0.25, -0.2) is 4.39 Å². The average molecular weight is 262 g/mol. The van der Waals surface area contributed by atoms with E-state index in [0.29, 0.717) is 17.7 Å². The highest BCUT2D eigenvalue weighted by Crippen LogP contribution is 2.41. The van der Waals surface area contributed by atoms with Gasteiger partial charge in [-0.05, 0) is 25.1 Å². The van der Waals surface area contributed by atoms with Crippen LogP contribution in [0.5, 0.6) is 5.75 Å². The first kappa shape index (κ1) is 12.2. The molecule has 1 aromatic heterocycles. The lowest BCUT2D eigenvalue weighted by atomic mass is 9.95. The largest absolute Gasteiger partial charge is 0.485 e. The Balaban J connectivity index is 1.97. The van der Waals surface area contributed by atoms with E-state index in [-0.39, 0.29) is 11.9 Å². The fourth-order valence-corrected chi connectivity index (χ4v) is 2.54. The highest BCUT2D eigenvalue weighted by molar-refractivity contribution is 5.39. The maximum absolute atomic E-state index is 13.2. The SMILES string of the molecule is Cc1nn(C)cc1C1C[C@@H](O)c2cc(F)ccc2O1. The van der Waals surface area contributed by atoms with Crippen LogP contribution in [0.3, 0.4) is 0 Å². The number of aryl methyl sites for hydroxylation is 2. The van der Waals surface area contributed by atoms with Gasteiger partial charge >= 0.3 is 0 Å². The van der Waals surface area contributed by atoms with E-state index in [2.05, 4.69) is 5.10 Å². The zero-order valence-corrected chi connectivity index (χ0v) is 10.8. The molecule has 2 atom stereocenters. The number of aliphatic hydroxyl groups excluding tert-OH is 1. The van der Waals surface area contributed by atoms with Gasteiger partial charge in [0, 0.05) is 30.8 Å². The Morgan fingerprint density at radius 3 is 2.89 bits per heavy atom. The summed E-state index contributed by atoms with van der Waals surface area (Å²) in [5.74, 6) is 0.172. The number of benzene rings is 1. The van der Waals surface area contributed by atoms with Gasteiger partial charge in [-0.1, -0.05) is 0 Å². The third-order valence-electron chi connectivity index (χ3n) is 3.44. The van der Waals surface area contributed by atoms with Gasteiger partial charge in [0.05, 0.1) is 11.8 Å². The minimum atomic E-state index is -0.718. The van der Waals surface area contributed by atoms with Crippen molar-refractivity contribution in [3.8, 4) is 5.75 Å². The summed E-state index contributed by atoms with van der Waals surface area (Å²) in [6.07, 6.45) is 1.33. The number of hydrogen-bond acceptors (Lipinski definition) is 3. The molecular weight excluding hydrogens is 247 g/mol. The van der Waals surface area contributed by atoms with Crippen LogP contribution in [-0.2, 0) is 7.05 Å². The first-order chi connectivity index (χ1) is 9.04. The third kappa shape index (κ3) is 2.10. The zero-order chi connectivity index (χ0) is 13.6. The van der Waals surface area contributed by atoms with Crippen LogP contribution in [0, 0.1) is 12.7 Å². The van der Waals surface area contributed by atoms with Crippen molar-refractivity contribution in [2.24, 2.45) is 7.05 Å². The Morgan fingerprint density at radius 1 is 1.42 bits per heavy atom. The van der Waals surface area contributed by atoms with Crippen LogP contribution >= 0.6 is 0 Å². The molecule has 5 heteroatoms. The van der Waals surface area contributed by atoms with Crippen molar-refractivity contribution in [3.05, 3.63) is 47.0 Å². The van der Waals surface area contributed by atoms with Crippen LogP contribution in [0.2, 0.25) is 0 Å². The molecule has 1 aliphatic heterocycles. The van der Waals surface area contributed by atoms with Crippen LogP contribution in [0.1, 0.15) is 35.4 Å². The summed E-state index contributed by atoms with van der Waals surface area (Å²) in [7, 11) is 1.85. The number of aliphatic hydroxyl groups is 1. The van der Waals surface area contributed by atoms with E-state index >= 15 is 0 Å². The van der Waals surface area contributed by atoms with E-state index in [4.69, 9.17) is 4.74 Å². The molecule has 4 nitrogen and oxygen atoms in total. The maximum atomic E-state index is 13.2. The summed E-state index contributed by atoms with van der Waals surface area (Å²) in [4.78, 5) is 0. The molecule has 0 radical (unpaired) electrons. The number of ether oxygens (including phenoxy) is 1. The molecule has 3 rings (SSSR count). The van der Waals surface area contributed by atoms with Gasteiger partial charge in [0.2, 0.25) is 0 Å². The van der Waals surface area contributed by atoms with Crippen molar-refractivity contribution in [2.45, 2.75) is 25.6 Å². The Morgan fingerprint density at radius 2 is 2.21 bits per heavy atom. The summed E-state index contributed by atoms with van der Waals surface area (Å²) in [6.45, 7) is 1.91. The van der Waals surface area contributed by atoms with E-state index in [1.165, 1.54) is 12.1 Å². The number of halogens is 1. The lowest BCUT2D eigenvalue weighted by molar-refractivity contribution is 0.0650. The second kappa shape index (κ2) is 4.35. The van der Waals surface area contributed by atoms with E-state index in [9.17, 15) is 9.50 Å². The van der Waals surface area contributed by atoms with Gasteiger partial charge in [0.25, 0.3) is 0 Å². The van der Waals surface area contributed by atoms with Crippen LogP contribution in [0.4, 0.5) is 4.39 Å². The number of rotatable bonds is 1. The summed E-state index contributed by atoms with van der Waals surface area (Å²) in [5, 5.41) is 14.4. The molecule has 0 saturated carbocycles. The van der Waals surface area contributed by atoms with Crippen molar-refractivity contribution < 1.29 is 14.2 Å². The molecule has 100 valence electrons. The summed E-state index contributed by atoms with van der Waals surface area (Å²) >= 11 is 0. The first-order valence-electron chi connectivity index (χ1n) is 6.19. The molecule has 2 aromatic rings. The standard InChI is InChI=1S/C14H15FN2O2/c1-8-11(7-17(2)16-8)14-6-12(18)10-5-9(15)3-4-13(10)19-14/h3-5,7,12,14,18H,6H2,1-2H3/t12-,14?/m1/s1. The van der Waals surface area contributed by atoms with Crippen LogP contribution in [0.15, 0.2) is 24.4 Å². The van der Waals surface area contributed by atoms with E-state index in [1.54, 1.807) is 10.7 Å². The smallest absolute Gasteiger partial charge is 0.130 e. The van der Waals surface area contributed by atoms with Gasteiger partial charge in [-0.3, -0.25) is 4.68 Å². The number of aromatic nitrogens is 2. The molecule has 1 aliphatic rings. The summed E-state index contributed by atoms with van der Waals surface area (Å²) in [6, 6.07) is 4.22. The van der Waals surface area contributed by atoms with E-state index < -0.39 is 6.10 Å². The van der Waals surface area contributed by atoms with Crippen molar-refractivity contribution in [2.75, 3.05) is 0 Å². The average Bonchev–Trinajstić information content (AvgIpc) is 2.69. The molecule has 0 amide bonds. The van der Waals surface area contributed by atoms with Crippen LogP contribution in [0.25, 0.3) is 0 Å². The summed E-state index contributed by atoms with van der Waals surface area (Å²) in [5.41, 5.74) is 2.35. The van der Waals surface area contributed by atoms with Crippen molar-refractivity contribution in [1.82, 2.24) is 9.78 Å². The van der Waals surface area contributed by atoms with Crippen molar-refractivity contribution in [1.29, 1.82) is 0 Å². The van der Waals surface area contributed by atoms with Gasteiger partial charge in [0.1, 0.15) is 17.7 Å². The summed E-state index contributed by atoms with van der Waals surface area (Å²) < 4.78 is 20.8. The highest BCUT2D eigenvalue weighted by Gasteiger charge is 2.30. The molecule has 1 N–H and O–H groups in total. The van der Waals surface area contributed by atoms with Gasteiger partial charge in [0.15, 0.2) is 0 Å². The predicted molar refractivity (Wildman–Crippen MR) is 67.3 cm³/mol. The molecular formula is C14H15FN2O2. The maximum Gasteiger partial charge on any atom is 0.130 e. The Hall–Kier alpha value is -1.88. The topological polar surface area (TPSA) is 47.3 Å². The molecule has 0 saturated heterocycles. The molecule has 2 heterocycles. The quantitative estimate of drug-likeness (QED) is 0.858. The van der Waals surface area contributed by atoms with Gasteiger partial charge in [-0.15, -0.1) is 0 Å². The lowest BCUT2D eigenvalue weighted by Gasteiger charge is -2.29. The first-order valence-corrected chi connectivity index (χ1v) is 6.19. The second-order valence-electron chi connectivity index (χ2n) is 4.88. The predicted octanol–water partition coefficient (Wildman–Crippen LogP) is 2.42.